The highest BCUT2D eigenvalue weighted by atomic mass is 16.6. The van der Waals surface area contributed by atoms with Crippen LogP contribution >= 0.6 is 0 Å². The zero-order valence-corrected chi connectivity index (χ0v) is 13.1. The average molecular weight is 331 g/mol. The second-order valence-corrected chi connectivity index (χ2v) is 4.74. The normalized spacial score (nSPS) is 10.0. The summed E-state index contributed by atoms with van der Waals surface area (Å²) in [6.07, 6.45) is 0. The van der Waals surface area contributed by atoms with Crippen molar-refractivity contribution in [2.24, 2.45) is 0 Å². The lowest BCUT2D eigenvalue weighted by molar-refractivity contribution is -0.385. The highest BCUT2D eigenvalue weighted by molar-refractivity contribution is 5.71. The number of nitro groups is 1. The molecule has 0 saturated heterocycles. The van der Waals surface area contributed by atoms with Gasteiger partial charge in [-0.15, -0.1) is 0 Å². The first kappa shape index (κ1) is 17.3. The van der Waals surface area contributed by atoms with Crippen molar-refractivity contribution in [3.63, 3.8) is 0 Å². The minimum atomic E-state index is -0.609. The Morgan fingerprint density at radius 3 is 2.29 bits per heavy atom. The van der Waals surface area contributed by atoms with Gasteiger partial charge in [-0.3, -0.25) is 10.1 Å². The number of nitro benzene ring substituents is 1. The highest BCUT2D eigenvalue weighted by Gasteiger charge is 2.14. The monoisotopic (exact) mass is 331 g/mol. The molecule has 126 valence electrons. The van der Waals surface area contributed by atoms with Gasteiger partial charge in [-0.2, -0.15) is 0 Å². The summed E-state index contributed by atoms with van der Waals surface area (Å²) in [4.78, 5) is 22.1. The molecule has 24 heavy (non-hydrogen) atoms. The number of carbonyl (C=O) groups is 1. The Hall–Kier alpha value is -3.09. The molecular weight excluding hydrogens is 314 g/mol. The van der Waals surface area contributed by atoms with Gasteiger partial charge in [0.15, 0.2) is 6.61 Å². The van der Waals surface area contributed by atoms with Crippen LogP contribution in [0.4, 0.5) is 5.69 Å². The summed E-state index contributed by atoms with van der Waals surface area (Å²) in [5, 5.41) is 10.9. The van der Waals surface area contributed by atoms with E-state index in [1.54, 1.807) is 42.5 Å². The number of esters is 1. The van der Waals surface area contributed by atoms with Gasteiger partial charge in [0.2, 0.25) is 0 Å². The summed E-state index contributed by atoms with van der Waals surface area (Å²) in [7, 11) is 0. The highest BCUT2D eigenvalue weighted by Crippen LogP contribution is 2.19. The van der Waals surface area contributed by atoms with E-state index < -0.39 is 10.9 Å². The second kappa shape index (κ2) is 8.52. The molecule has 0 N–H and O–H groups in total. The van der Waals surface area contributed by atoms with Crippen LogP contribution in [0.1, 0.15) is 12.5 Å². The summed E-state index contributed by atoms with van der Waals surface area (Å²) >= 11 is 0. The van der Waals surface area contributed by atoms with E-state index in [9.17, 15) is 14.9 Å². The van der Waals surface area contributed by atoms with E-state index in [-0.39, 0.29) is 18.9 Å². The van der Waals surface area contributed by atoms with Gasteiger partial charge in [0.25, 0.3) is 5.69 Å². The first-order chi connectivity index (χ1) is 11.6. The number of para-hydroxylation sites is 1. The van der Waals surface area contributed by atoms with Gasteiger partial charge < -0.3 is 14.2 Å². The first-order valence-electron chi connectivity index (χ1n) is 7.33. The van der Waals surface area contributed by atoms with Crippen molar-refractivity contribution in [3.8, 4) is 11.5 Å². The molecule has 0 aliphatic rings. The van der Waals surface area contributed by atoms with E-state index in [1.807, 2.05) is 6.92 Å². The van der Waals surface area contributed by atoms with Gasteiger partial charge >= 0.3 is 5.97 Å². The Morgan fingerprint density at radius 1 is 1.04 bits per heavy atom. The molecule has 0 spiro atoms. The number of hydrogen-bond acceptors (Lipinski definition) is 6. The summed E-state index contributed by atoms with van der Waals surface area (Å²) in [6.45, 7) is 1.99. The van der Waals surface area contributed by atoms with Gasteiger partial charge in [-0.1, -0.05) is 12.1 Å². The fourth-order valence-electron chi connectivity index (χ4n) is 1.95. The third-order valence-corrected chi connectivity index (χ3v) is 3.07. The molecule has 0 bridgehead atoms. The summed E-state index contributed by atoms with van der Waals surface area (Å²) in [6, 6.07) is 12.9. The van der Waals surface area contributed by atoms with Crippen LogP contribution in [0.5, 0.6) is 11.5 Å². The third kappa shape index (κ3) is 4.98. The Bertz CT molecular complexity index is 698. The SMILES string of the molecule is CCOc1ccc(OCC(=O)OCc2ccccc2[N+](=O)[O-])cc1. The molecule has 7 heteroatoms. The number of carbonyl (C=O) groups excluding carboxylic acids is 1. The van der Waals surface area contributed by atoms with E-state index in [1.165, 1.54) is 6.07 Å². The molecular formula is C17H17NO6. The lowest BCUT2D eigenvalue weighted by Gasteiger charge is -2.08. The maximum absolute atomic E-state index is 11.7. The number of nitrogens with zero attached hydrogens (tertiary/aromatic N) is 1. The molecule has 7 nitrogen and oxygen atoms in total. The molecule has 0 fully saturated rings. The van der Waals surface area contributed by atoms with E-state index in [0.29, 0.717) is 23.7 Å². The number of ether oxygens (including phenoxy) is 3. The average Bonchev–Trinajstić information content (AvgIpc) is 2.59. The Kier molecular flexibility index (Phi) is 6.13. The minimum absolute atomic E-state index is 0.0854. The summed E-state index contributed by atoms with van der Waals surface area (Å²) in [5.74, 6) is 0.604. The third-order valence-electron chi connectivity index (χ3n) is 3.07. The lowest BCUT2D eigenvalue weighted by atomic mass is 10.2. The van der Waals surface area contributed by atoms with Crippen molar-refractivity contribution in [3.05, 3.63) is 64.2 Å². The summed E-state index contributed by atoms with van der Waals surface area (Å²) in [5.41, 5.74) is 0.245. The van der Waals surface area contributed by atoms with Gasteiger partial charge in [0, 0.05) is 6.07 Å². The van der Waals surface area contributed by atoms with Crippen molar-refractivity contribution < 1.29 is 23.9 Å². The second-order valence-electron chi connectivity index (χ2n) is 4.74. The van der Waals surface area contributed by atoms with E-state index in [4.69, 9.17) is 14.2 Å². The molecule has 0 unspecified atom stereocenters. The molecule has 2 aromatic rings. The van der Waals surface area contributed by atoms with Crippen LogP contribution in [0.25, 0.3) is 0 Å². The van der Waals surface area contributed by atoms with Crippen LogP contribution in [0.2, 0.25) is 0 Å². The van der Waals surface area contributed by atoms with Crippen LogP contribution in [-0.2, 0) is 16.1 Å². The lowest BCUT2D eigenvalue weighted by Crippen LogP contribution is -2.15. The van der Waals surface area contributed by atoms with Crippen LogP contribution in [0.3, 0.4) is 0 Å². The maximum Gasteiger partial charge on any atom is 0.344 e. The van der Waals surface area contributed by atoms with E-state index >= 15 is 0 Å². The molecule has 0 aliphatic heterocycles. The van der Waals surface area contributed by atoms with Crippen LogP contribution < -0.4 is 9.47 Å². The number of hydrogen-bond donors (Lipinski definition) is 0. The van der Waals surface area contributed by atoms with Gasteiger partial charge in [0.05, 0.1) is 17.1 Å². The molecule has 0 aromatic heterocycles. The maximum atomic E-state index is 11.7. The molecule has 0 atom stereocenters. The van der Waals surface area contributed by atoms with Crippen molar-refractivity contribution in [2.75, 3.05) is 13.2 Å². The summed E-state index contributed by atoms with van der Waals surface area (Å²) < 4.78 is 15.6. The van der Waals surface area contributed by atoms with Crippen molar-refractivity contribution in [2.45, 2.75) is 13.5 Å². The predicted molar refractivity (Wildman–Crippen MR) is 86.0 cm³/mol. The first-order valence-corrected chi connectivity index (χ1v) is 7.33. The quantitative estimate of drug-likeness (QED) is 0.419. The Morgan fingerprint density at radius 2 is 1.67 bits per heavy atom. The van der Waals surface area contributed by atoms with Crippen molar-refractivity contribution in [1.82, 2.24) is 0 Å². The van der Waals surface area contributed by atoms with E-state index in [2.05, 4.69) is 0 Å². The minimum Gasteiger partial charge on any atom is -0.494 e. The molecule has 2 rings (SSSR count). The van der Waals surface area contributed by atoms with Gasteiger partial charge in [0.1, 0.15) is 18.1 Å². The molecule has 0 heterocycles. The standard InChI is InChI=1S/C17H17NO6/c1-2-22-14-7-9-15(10-8-14)23-12-17(19)24-11-13-5-3-4-6-16(13)18(20)21/h3-10H,2,11-12H2,1H3. The number of benzene rings is 2. The largest absolute Gasteiger partial charge is 0.494 e. The zero-order valence-electron chi connectivity index (χ0n) is 13.1. The Labute approximate surface area is 138 Å². The van der Waals surface area contributed by atoms with Crippen molar-refractivity contribution in [1.29, 1.82) is 0 Å². The molecule has 0 radical (unpaired) electrons. The fraction of sp³-hybridized carbons (Fsp3) is 0.235. The van der Waals surface area contributed by atoms with Gasteiger partial charge in [-0.05, 0) is 37.3 Å². The van der Waals surface area contributed by atoms with Crippen molar-refractivity contribution >= 4 is 11.7 Å². The predicted octanol–water partition coefficient (Wildman–Crippen LogP) is 3.12. The van der Waals surface area contributed by atoms with Crippen LogP contribution in [-0.4, -0.2) is 24.1 Å². The van der Waals surface area contributed by atoms with Gasteiger partial charge in [-0.25, -0.2) is 4.79 Å². The molecule has 0 aliphatic carbocycles. The molecule has 0 amide bonds. The molecule has 2 aromatic carbocycles. The fourth-order valence-corrected chi connectivity index (χ4v) is 1.95. The zero-order chi connectivity index (χ0) is 17.4. The Balaban J connectivity index is 1.82. The number of rotatable bonds is 8. The van der Waals surface area contributed by atoms with Crippen LogP contribution in [0, 0.1) is 10.1 Å². The van der Waals surface area contributed by atoms with Crippen LogP contribution in [0.15, 0.2) is 48.5 Å². The van der Waals surface area contributed by atoms with E-state index in [0.717, 1.165) is 0 Å². The smallest absolute Gasteiger partial charge is 0.344 e. The molecule has 0 saturated carbocycles. The topological polar surface area (TPSA) is 87.9 Å².